The van der Waals surface area contributed by atoms with Crippen molar-refractivity contribution in [2.24, 2.45) is 0 Å². The number of carboxylic acids is 1. The van der Waals surface area contributed by atoms with Crippen LogP contribution in [0.15, 0.2) is 36.4 Å². The molecular weight excluding hydrogens is 509 g/mol. The van der Waals surface area contributed by atoms with Gasteiger partial charge in [-0.15, -0.1) is 0 Å². The van der Waals surface area contributed by atoms with Crippen LogP contribution in [0.2, 0.25) is 5.02 Å². The molecule has 2 heterocycles. The predicted octanol–water partition coefficient (Wildman–Crippen LogP) is 1.48. The number of amides is 4. The number of aliphatic carboxylic acids is 1. The molecule has 2 aliphatic heterocycles. The van der Waals surface area contributed by atoms with Crippen molar-refractivity contribution < 1.29 is 42.6 Å². The molecule has 1 aromatic rings. The Bertz CT molecular complexity index is 961. The van der Waals surface area contributed by atoms with E-state index in [4.69, 9.17) is 21.5 Å². The lowest BCUT2D eigenvalue weighted by Crippen LogP contribution is -2.47. The van der Waals surface area contributed by atoms with Crippen LogP contribution in [0.3, 0.4) is 0 Å². The number of alkyl halides is 3. The van der Waals surface area contributed by atoms with E-state index >= 15 is 0 Å². The number of rotatable bonds is 7. The highest BCUT2D eigenvalue weighted by molar-refractivity contribution is 6.30. The molecule has 0 aromatic heterocycles. The highest BCUT2D eigenvalue weighted by atomic mass is 35.5. The molecule has 198 valence electrons. The molecule has 0 radical (unpaired) electrons. The molecule has 1 aromatic carbocycles. The summed E-state index contributed by atoms with van der Waals surface area (Å²) < 4.78 is 31.7. The molecule has 0 saturated carbocycles. The van der Waals surface area contributed by atoms with Gasteiger partial charge < -0.3 is 25.7 Å². The van der Waals surface area contributed by atoms with Crippen molar-refractivity contribution >= 4 is 35.4 Å². The van der Waals surface area contributed by atoms with E-state index in [1.807, 2.05) is 12.1 Å². The zero-order chi connectivity index (χ0) is 26.9. The lowest BCUT2D eigenvalue weighted by Gasteiger charge is -2.38. The third kappa shape index (κ3) is 8.81. The summed E-state index contributed by atoms with van der Waals surface area (Å²) in [5.74, 6) is -3.48. The normalized spacial score (nSPS) is 17.4. The van der Waals surface area contributed by atoms with Crippen LogP contribution in [0.25, 0.3) is 0 Å². The van der Waals surface area contributed by atoms with E-state index in [0.29, 0.717) is 31.0 Å². The zero-order valence-electron chi connectivity index (χ0n) is 19.1. The van der Waals surface area contributed by atoms with Crippen LogP contribution >= 0.6 is 11.6 Å². The van der Waals surface area contributed by atoms with Gasteiger partial charge in [-0.05, 0) is 30.5 Å². The number of carboxylic acid groups (broad SMARTS) is 1. The first-order valence-electron chi connectivity index (χ1n) is 10.9. The Morgan fingerprint density at radius 2 is 1.44 bits per heavy atom. The van der Waals surface area contributed by atoms with Crippen molar-refractivity contribution in [3.8, 4) is 0 Å². The molecule has 1 fully saturated rings. The lowest BCUT2D eigenvalue weighted by molar-refractivity contribution is -0.192. The SMILES string of the molecule is O=C(NCCN1CCC(O)(c2ccc(Cl)cc2)CC1)NCCN1C(=O)C=CC1=O.O=C(O)C(F)(F)F. The Morgan fingerprint density at radius 1 is 0.972 bits per heavy atom. The number of piperidine rings is 1. The van der Waals surface area contributed by atoms with Gasteiger partial charge in [0.15, 0.2) is 0 Å². The molecule has 0 aliphatic carbocycles. The number of benzene rings is 1. The van der Waals surface area contributed by atoms with Crippen LogP contribution in [0.5, 0.6) is 0 Å². The number of aliphatic hydroxyl groups is 1. The Hall–Kier alpha value is -3.16. The summed E-state index contributed by atoms with van der Waals surface area (Å²) in [7, 11) is 0. The third-order valence-corrected chi connectivity index (χ3v) is 5.79. The Labute approximate surface area is 209 Å². The fraction of sp³-hybridized carbons (Fsp3) is 0.455. The molecule has 1 saturated heterocycles. The standard InChI is InChI=1S/C20H25ClN4O4.C2HF3O2/c21-16-3-1-15(2-4-16)20(29)7-11-24(12-8-20)13-9-22-19(28)23-10-14-25-17(26)5-6-18(25)27;3-2(4,5)1(6)7/h1-6,29H,7-14H2,(H2,22,23,28);(H,6,7). The van der Waals surface area contributed by atoms with Crippen molar-refractivity contribution in [3.63, 3.8) is 0 Å². The summed E-state index contributed by atoms with van der Waals surface area (Å²) in [6.07, 6.45) is -1.41. The van der Waals surface area contributed by atoms with Gasteiger partial charge in [-0.2, -0.15) is 13.2 Å². The Morgan fingerprint density at radius 3 is 1.92 bits per heavy atom. The molecule has 2 aliphatic rings. The predicted molar refractivity (Wildman–Crippen MR) is 122 cm³/mol. The maximum Gasteiger partial charge on any atom is 0.490 e. The van der Waals surface area contributed by atoms with Crippen molar-refractivity contribution in [1.82, 2.24) is 20.4 Å². The second kappa shape index (κ2) is 12.7. The maximum atomic E-state index is 11.8. The highest BCUT2D eigenvalue weighted by Gasteiger charge is 2.38. The van der Waals surface area contributed by atoms with Crippen LogP contribution in [0, 0.1) is 0 Å². The molecule has 0 atom stereocenters. The van der Waals surface area contributed by atoms with Gasteiger partial charge >= 0.3 is 18.2 Å². The minimum absolute atomic E-state index is 0.146. The molecular formula is C22H26ClF3N4O6. The zero-order valence-corrected chi connectivity index (χ0v) is 19.8. The van der Waals surface area contributed by atoms with E-state index in [-0.39, 0.29) is 30.9 Å². The molecule has 0 bridgehead atoms. The van der Waals surface area contributed by atoms with Gasteiger partial charge in [-0.1, -0.05) is 23.7 Å². The third-order valence-electron chi connectivity index (χ3n) is 5.54. The second-order valence-electron chi connectivity index (χ2n) is 8.03. The number of carbonyl (C=O) groups is 4. The fourth-order valence-corrected chi connectivity index (χ4v) is 3.64. The number of imide groups is 1. The van der Waals surface area contributed by atoms with Gasteiger partial charge in [0.1, 0.15) is 0 Å². The Kier molecular flexibility index (Phi) is 10.3. The molecule has 4 amide bonds. The Balaban J connectivity index is 0.000000572. The van der Waals surface area contributed by atoms with Crippen LogP contribution in [0.1, 0.15) is 18.4 Å². The van der Waals surface area contributed by atoms with E-state index in [1.54, 1.807) is 12.1 Å². The number of hydrogen-bond acceptors (Lipinski definition) is 6. The first-order chi connectivity index (χ1) is 16.8. The quantitative estimate of drug-likeness (QED) is 0.389. The second-order valence-corrected chi connectivity index (χ2v) is 8.46. The molecule has 4 N–H and O–H groups in total. The van der Waals surface area contributed by atoms with Crippen molar-refractivity contribution in [1.29, 1.82) is 0 Å². The minimum Gasteiger partial charge on any atom is -0.475 e. The first-order valence-corrected chi connectivity index (χ1v) is 11.3. The average molecular weight is 535 g/mol. The van der Waals surface area contributed by atoms with E-state index in [9.17, 15) is 32.7 Å². The molecule has 10 nitrogen and oxygen atoms in total. The molecule has 14 heteroatoms. The van der Waals surface area contributed by atoms with Crippen LogP contribution in [-0.4, -0.2) is 89.3 Å². The summed E-state index contributed by atoms with van der Waals surface area (Å²) >= 11 is 5.91. The van der Waals surface area contributed by atoms with Crippen molar-refractivity contribution in [2.75, 3.05) is 39.3 Å². The number of nitrogens with zero attached hydrogens (tertiary/aromatic N) is 2. The average Bonchev–Trinajstić information content (AvgIpc) is 3.13. The van der Waals surface area contributed by atoms with Gasteiger partial charge in [0.25, 0.3) is 11.8 Å². The number of likely N-dealkylation sites (tertiary alicyclic amines) is 1. The topological polar surface area (TPSA) is 139 Å². The van der Waals surface area contributed by atoms with Crippen LogP contribution in [0.4, 0.5) is 18.0 Å². The summed E-state index contributed by atoms with van der Waals surface area (Å²) in [6.45, 7) is 2.95. The number of halogens is 4. The minimum atomic E-state index is -5.08. The van der Waals surface area contributed by atoms with E-state index in [2.05, 4.69) is 15.5 Å². The van der Waals surface area contributed by atoms with Crippen molar-refractivity contribution in [3.05, 3.63) is 47.0 Å². The van der Waals surface area contributed by atoms with Crippen molar-refractivity contribution in [2.45, 2.75) is 24.6 Å². The number of hydrogen-bond donors (Lipinski definition) is 4. The van der Waals surface area contributed by atoms with E-state index in [0.717, 1.165) is 23.6 Å². The molecule has 0 unspecified atom stereocenters. The number of nitrogens with one attached hydrogen (secondary N) is 2. The van der Waals surface area contributed by atoms with Gasteiger partial charge in [-0.25, -0.2) is 9.59 Å². The molecule has 36 heavy (non-hydrogen) atoms. The summed E-state index contributed by atoms with van der Waals surface area (Å²) in [5.41, 5.74) is 0.0368. The highest BCUT2D eigenvalue weighted by Crippen LogP contribution is 2.33. The van der Waals surface area contributed by atoms with Gasteiger partial charge in [0.05, 0.1) is 5.60 Å². The lowest BCUT2D eigenvalue weighted by atomic mass is 9.84. The molecule has 0 spiro atoms. The smallest absolute Gasteiger partial charge is 0.475 e. The fourth-order valence-electron chi connectivity index (χ4n) is 3.52. The monoisotopic (exact) mass is 534 g/mol. The number of carbonyl (C=O) groups excluding carboxylic acids is 3. The van der Waals surface area contributed by atoms with Gasteiger partial charge in [0, 0.05) is 56.4 Å². The van der Waals surface area contributed by atoms with Crippen LogP contribution in [-0.2, 0) is 20.0 Å². The van der Waals surface area contributed by atoms with Crippen LogP contribution < -0.4 is 10.6 Å². The van der Waals surface area contributed by atoms with E-state index in [1.165, 1.54) is 12.2 Å². The summed E-state index contributed by atoms with van der Waals surface area (Å²) in [5, 5.41) is 24.1. The van der Waals surface area contributed by atoms with E-state index < -0.39 is 17.7 Å². The summed E-state index contributed by atoms with van der Waals surface area (Å²) in [6, 6.07) is 6.96. The van der Waals surface area contributed by atoms with Gasteiger partial charge in [-0.3, -0.25) is 14.5 Å². The first kappa shape index (κ1) is 29.1. The number of urea groups is 1. The maximum absolute atomic E-state index is 11.8. The molecule has 3 rings (SSSR count). The summed E-state index contributed by atoms with van der Waals surface area (Å²) in [4.78, 5) is 46.8. The largest absolute Gasteiger partial charge is 0.490 e. The van der Waals surface area contributed by atoms with Gasteiger partial charge in [0.2, 0.25) is 0 Å².